The van der Waals surface area contributed by atoms with E-state index < -0.39 is 10.3 Å². The minimum absolute atomic E-state index is 0.165. The topological polar surface area (TPSA) is 44.8 Å². The molecule has 156 valence electrons. The first-order valence-corrected chi connectivity index (χ1v) is 10.9. The molecule has 0 aliphatic carbocycles. The fourth-order valence-electron chi connectivity index (χ4n) is 2.99. The van der Waals surface area contributed by atoms with Crippen LogP contribution in [0.3, 0.4) is 0 Å². The van der Waals surface area contributed by atoms with E-state index in [2.05, 4.69) is 6.92 Å². The van der Waals surface area contributed by atoms with E-state index in [1.54, 1.807) is 11.8 Å². The van der Waals surface area contributed by atoms with Gasteiger partial charge in [0.25, 0.3) is 0 Å². The first-order valence-electron chi connectivity index (χ1n) is 10.1. The number of benzene rings is 1. The van der Waals surface area contributed by atoms with E-state index in [1.165, 1.54) is 0 Å². The van der Waals surface area contributed by atoms with Crippen molar-refractivity contribution in [3.05, 3.63) is 24.3 Å². The number of carbonyl (C=O) groups excluding carboxylic acids is 1. The molecule has 0 radical (unpaired) electrons. The first kappa shape index (κ1) is 23.3. The molecule has 0 spiro atoms. The van der Waals surface area contributed by atoms with Crippen LogP contribution in [0.4, 0.5) is 0 Å². The lowest BCUT2D eigenvalue weighted by atomic mass is 9.79. The minimum Gasteiger partial charge on any atom is -0.459 e. The first-order chi connectivity index (χ1) is 12.7. The summed E-state index contributed by atoms with van der Waals surface area (Å²) in [6.45, 7) is 18.0. The number of hydrogen-bond donors (Lipinski definition) is 0. The van der Waals surface area contributed by atoms with Gasteiger partial charge in [0.15, 0.2) is 0 Å². The average Bonchev–Trinajstić information content (AvgIpc) is 2.74. The van der Waals surface area contributed by atoms with Crippen molar-refractivity contribution < 1.29 is 18.8 Å². The van der Waals surface area contributed by atoms with Gasteiger partial charge in [0.1, 0.15) is 10.3 Å². The van der Waals surface area contributed by atoms with Gasteiger partial charge in [0, 0.05) is 4.90 Å². The van der Waals surface area contributed by atoms with Gasteiger partial charge in [-0.1, -0.05) is 25.5 Å². The lowest BCUT2D eigenvalue weighted by Crippen LogP contribution is -2.41. The molecule has 2 rings (SSSR count). The molecular formula is C22H35BO4S. The minimum atomic E-state index is -0.617. The highest BCUT2D eigenvalue weighted by atomic mass is 32.2. The molecule has 0 bridgehead atoms. The van der Waals surface area contributed by atoms with Crippen molar-refractivity contribution in [2.24, 2.45) is 0 Å². The lowest BCUT2D eigenvalue weighted by Gasteiger charge is -2.32. The monoisotopic (exact) mass is 406 g/mol. The van der Waals surface area contributed by atoms with Gasteiger partial charge in [0.05, 0.1) is 11.2 Å². The zero-order chi connectivity index (χ0) is 21.4. The van der Waals surface area contributed by atoms with E-state index in [0.29, 0.717) is 0 Å². The van der Waals surface area contributed by atoms with Gasteiger partial charge in [-0.2, -0.15) is 0 Å². The number of ether oxygens (including phenoxy) is 1. The average molecular weight is 406 g/mol. The third-order valence-corrected chi connectivity index (χ3v) is 6.64. The summed E-state index contributed by atoms with van der Waals surface area (Å²) in [5, 5.41) is 0. The quantitative estimate of drug-likeness (QED) is 0.379. The highest BCUT2D eigenvalue weighted by Crippen LogP contribution is 2.39. The molecule has 0 saturated carbocycles. The molecule has 0 amide bonds. The second kappa shape index (κ2) is 8.04. The second-order valence-corrected chi connectivity index (χ2v) is 11.3. The number of hydrogen-bond acceptors (Lipinski definition) is 5. The van der Waals surface area contributed by atoms with Crippen LogP contribution < -0.4 is 5.46 Å². The van der Waals surface area contributed by atoms with Crippen molar-refractivity contribution in [3.8, 4) is 0 Å². The van der Waals surface area contributed by atoms with Crippen LogP contribution in [0.1, 0.15) is 75.2 Å². The normalized spacial score (nSPS) is 20.7. The Morgan fingerprint density at radius 3 is 1.96 bits per heavy atom. The smallest absolute Gasteiger partial charge is 0.459 e. The van der Waals surface area contributed by atoms with Crippen molar-refractivity contribution in [1.29, 1.82) is 0 Å². The van der Waals surface area contributed by atoms with E-state index in [9.17, 15) is 4.79 Å². The van der Waals surface area contributed by atoms with Gasteiger partial charge in [-0.3, -0.25) is 4.79 Å². The Morgan fingerprint density at radius 2 is 1.54 bits per heavy atom. The zero-order valence-corrected chi connectivity index (χ0v) is 19.7. The van der Waals surface area contributed by atoms with E-state index in [1.807, 2.05) is 79.7 Å². The Kier molecular flexibility index (Phi) is 6.69. The summed E-state index contributed by atoms with van der Waals surface area (Å²) in [6, 6.07) is 8.10. The van der Waals surface area contributed by atoms with Crippen molar-refractivity contribution in [2.45, 2.75) is 102 Å². The second-order valence-electron chi connectivity index (χ2n) is 9.74. The molecule has 1 unspecified atom stereocenters. The molecule has 0 aromatic heterocycles. The molecule has 1 aromatic rings. The molecule has 1 fully saturated rings. The van der Waals surface area contributed by atoms with Gasteiger partial charge in [-0.05, 0) is 79.4 Å². The molecule has 28 heavy (non-hydrogen) atoms. The van der Waals surface area contributed by atoms with Gasteiger partial charge < -0.3 is 14.0 Å². The Morgan fingerprint density at radius 1 is 1.04 bits per heavy atom. The molecule has 1 aliphatic rings. The van der Waals surface area contributed by atoms with Crippen LogP contribution in [0.25, 0.3) is 0 Å². The van der Waals surface area contributed by atoms with Crippen molar-refractivity contribution in [3.63, 3.8) is 0 Å². The third-order valence-electron chi connectivity index (χ3n) is 5.31. The van der Waals surface area contributed by atoms with Gasteiger partial charge in [0.2, 0.25) is 0 Å². The highest BCUT2D eigenvalue weighted by molar-refractivity contribution is 8.01. The summed E-state index contributed by atoms with van der Waals surface area (Å²) in [6.07, 6.45) is 1.67. The van der Waals surface area contributed by atoms with Crippen LogP contribution in [0.5, 0.6) is 0 Å². The van der Waals surface area contributed by atoms with Crippen LogP contribution in [0.15, 0.2) is 29.2 Å². The fourth-order valence-corrected chi connectivity index (χ4v) is 4.21. The Bertz CT molecular complexity index is 677. The molecule has 1 heterocycles. The molecule has 1 saturated heterocycles. The maximum Gasteiger partial charge on any atom is 0.494 e. The summed E-state index contributed by atoms with van der Waals surface area (Å²) in [5.74, 6) is -0.165. The van der Waals surface area contributed by atoms with Gasteiger partial charge in [-0.25, -0.2) is 0 Å². The molecule has 1 aliphatic heterocycles. The molecular weight excluding hydrogens is 371 g/mol. The Hall–Kier alpha value is -0.975. The lowest BCUT2D eigenvalue weighted by molar-refractivity contribution is -0.157. The van der Waals surface area contributed by atoms with Gasteiger partial charge in [-0.15, -0.1) is 11.8 Å². The molecule has 0 N–H and O–H groups in total. The molecule has 1 aromatic carbocycles. The van der Waals surface area contributed by atoms with Crippen molar-refractivity contribution >= 4 is 30.3 Å². The molecule has 1 atom stereocenters. The van der Waals surface area contributed by atoms with E-state index >= 15 is 0 Å². The summed E-state index contributed by atoms with van der Waals surface area (Å²) >= 11 is 1.56. The van der Waals surface area contributed by atoms with Crippen molar-refractivity contribution in [1.82, 2.24) is 0 Å². The van der Waals surface area contributed by atoms with E-state index in [0.717, 1.165) is 23.2 Å². The maximum absolute atomic E-state index is 12.8. The Balaban J connectivity index is 2.15. The van der Waals surface area contributed by atoms with Crippen LogP contribution in [0, 0.1) is 0 Å². The van der Waals surface area contributed by atoms with Gasteiger partial charge >= 0.3 is 13.1 Å². The standard InChI is InChI=1S/C22H35BO4S/c1-10-15-22(9,18(24)25-19(2,3)4)28-17-13-11-16(12-14-17)23-26-20(5,6)21(7,8)27-23/h11-14H,10,15H2,1-9H3. The number of esters is 1. The number of carbonyl (C=O) groups is 1. The maximum atomic E-state index is 12.8. The molecule has 6 heteroatoms. The predicted octanol–water partition coefficient (Wildman–Crippen LogP) is 4.98. The fraction of sp³-hybridized carbons (Fsp3) is 0.682. The predicted molar refractivity (Wildman–Crippen MR) is 117 cm³/mol. The largest absolute Gasteiger partial charge is 0.494 e. The van der Waals surface area contributed by atoms with E-state index in [4.69, 9.17) is 14.0 Å². The van der Waals surface area contributed by atoms with Crippen molar-refractivity contribution in [2.75, 3.05) is 0 Å². The number of rotatable bonds is 6. The van der Waals surface area contributed by atoms with E-state index in [-0.39, 0.29) is 24.3 Å². The number of thioether (sulfide) groups is 1. The van der Waals surface area contributed by atoms with Crippen LogP contribution in [-0.2, 0) is 18.8 Å². The summed E-state index contributed by atoms with van der Waals surface area (Å²) in [7, 11) is -0.378. The Labute approximate surface area is 175 Å². The van der Waals surface area contributed by atoms with Crippen LogP contribution in [0.2, 0.25) is 0 Å². The van der Waals surface area contributed by atoms with Crippen LogP contribution in [-0.4, -0.2) is 34.6 Å². The molecule has 4 nitrogen and oxygen atoms in total. The van der Waals surface area contributed by atoms with Crippen LogP contribution >= 0.6 is 11.8 Å². The summed E-state index contributed by atoms with van der Waals surface area (Å²) in [5.41, 5.74) is -0.228. The highest BCUT2D eigenvalue weighted by Gasteiger charge is 2.51. The summed E-state index contributed by atoms with van der Waals surface area (Å²) < 4.78 is 17.3. The SMILES string of the molecule is CCCC(C)(Sc1ccc(B2OC(C)(C)C(C)(C)O2)cc1)C(=O)OC(C)(C)C. The summed E-state index contributed by atoms with van der Waals surface area (Å²) in [4.78, 5) is 13.8. The third kappa shape index (κ3) is 5.34. The zero-order valence-electron chi connectivity index (χ0n) is 18.8.